The molecule has 136 valence electrons. The molecule has 0 aliphatic carbocycles. The van der Waals surface area contributed by atoms with E-state index in [2.05, 4.69) is 6.58 Å². The summed E-state index contributed by atoms with van der Waals surface area (Å²) in [5, 5.41) is 48.2. The molecule has 7 nitrogen and oxygen atoms in total. The molecule has 7 heteroatoms. The number of hydrogen-bond acceptors (Lipinski definition) is 7. The first kappa shape index (κ1) is 20.5. The first-order valence-corrected chi connectivity index (χ1v) is 8.00. The number of aliphatic hydroxyl groups is 5. The topological polar surface area (TPSA) is 120 Å². The molecule has 0 radical (unpaired) electrons. The number of ether oxygens (including phenoxy) is 2. The fourth-order valence-electron chi connectivity index (χ4n) is 2.46. The Kier molecular flexibility index (Phi) is 8.09. The summed E-state index contributed by atoms with van der Waals surface area (Å²) in [5.41, 5.74) is -0.877. The van der Waals surface area contributed by atoms with E-state index in [1.807, 2.05) is 6.92 Å². The van der Waals surface area contributed by atoms with Gasteiger partial charge in [0.25, 0.3) is 0 Å². The van der Waals surface area contributed by atoms with Crippen LogP contribution in [-0.2, 0) is 9.47 Å². The van der Waals surface area contributed by atoms with Gasteiger partial charge in [-0.2, -0.15) is 0 Å². The lowest BCUT2D eigenvalue weighted by atomic mass is 9.96. The summed E-state index contributed by atoms with van der Waals surface area (Å²) in [6, 6.07) is 0. The molecule has 0 spiro atoms. The summed E-state index contributed by atoms with van der Waals surface area (Å²) in [4.78, 5) is 0. The maximum atomic E-state index is 9.86. The highest BCUT2D eigenvalue weighted by Crippen LogP contribution is 2.23. The van der Waals surface area contributed by atoms with Crippen molar-refractivity contribution < 1.29 is 35.0 Å². The molecule has 1 aliphatic rings. The Morgan fingerprint density at radius 3 is 2.48 bits per heavy atom. The Hall–Kier alpha value is -0.540. The Morgan fingerprint density at radius 1 is 1.26 bits per heavy atom. The maximum absolute atomic E-state index is 9.86. The molecule has 0 aromatic heterocycles. The van der Waals surface area contributed by atoms with E-state index in [-0.39, 0.29) is 5.92 Å². The molecule has 23 heavy (non-hydrogen) atoms. The molecule has 5 N–H and O–H groups in total. The molecule has 1 fully saturated rings. The lowest BCUT2D eigenvalue weighted by Crippen LogP contribution is -2.59. The minimum absolute atomic E-state index is 0.156. The Labute approximate surface area is 137 Å². The first-order chi connectivity index (χ1) is 10.7. The van der Waals surface area contributed by atoms with Gasteiger partial charge in [-0.25, -0.2) is 0 Å². The molecular formula is C16H30O7. The maximum Gasteiger partial charge on any atom is 0.186 e. The van der Waals surface area contributed by atoms with Crippen LogP contribution in [0.3, 0.4) is 0 Å². The van der Waals surface area contributed by atoms with Crippen molar-refractivity contribution in [2.45, 2.75) is 69.4 Å². The van der Waals surface area contributed by atoms with Gasteiger partial charge >= 0.3 is 0 Å². The minimum Gasteiger partial charge on any atom is -0.394 e. The molecule has 1 aliphatic heterocycles. The van der Waals surface area contributed by atoms with Gasteiger partial charge in [-0.05, 0) is 32.1 Å². The molecule has 0 aromatic rings. The third-order valence-electron chi connectivity index (χ3n) is 4.21. The lowest BCUT2D eigenvalue weighted by Gasteiger charge is -2.39. The van der Waals surface area contributed by atoms with Gasteiger partial charge in [0, 0.05) is 0 Å². The largest absolute Gasteiger partial charge is 0.394 e. The Bertz CT molecular complexity index is 358. The second kappa shape index (κ2) is 9.08. The van der Waals surface area contributed by atoms with Crippen LogP contribution in [0.25, 0.3) is 0 Å². The highest BCUT2D eigenvalue weighted by atomic mass is 16.7. The monoisotopic (exact) mass is 334 g/mol. The summed E-state index contributed by atoms with van der Waals surface area (Å²) in [5.74, 6) is 0.156. The molecule has 2 unspecified atom stereocenters. The third kappa shape index (κ3) is 6.11. The average molecular weight is 334 g/mol. The van der Waals surface area contributed by atoms with E-state index in [0.717, 1.165) is 12.8 Å². The van der Waals surface area contributed by atoms with Crippen LogP contribution in [0.4, 0.5) is 0 Å². The Morgan fingerprint density at radius 2 is 1.91 bits per heavy atom. The van der Waals surface area contributed by atoms with Gasteiger partial charge in [-0.15, -0.1) is 6.58 Å². The van der Waals surface area contributed by atoms with Crippen molar-refractivity contribution in [3.8, 4) is 0 Å². The fourth-order valence-corrected chi connectivity index (χ4v) is 2.46. The van der Waals surface area contributed by atoms with Gasteiger partial charge in [-0.1, -0.05) is 13.0 Å². The van der Waals surface area contributed by atoms with Gasteiger partial charge < -0.3 is 35.0 Å². The summed E-state index contributed by atoms with van der Waals surface area (Å²) in [6.07, 6.45) is -2.53. The number of aliphatic hydroxyl groups excluding tert-OH is 4. The SMILES string of the molecule is C=CC(C)(O)CCCC(C)CO[C@@H]1O[C@H](CO)[C@@H](O)[C@H](O)[C@H]1O. The zero-order valence-electron chi connectivity index (χ0n) is 13.8. The predicted octanol–water partition coefficient (Wildman–Crippen LogP) is -0.454. The molecule has 0 saturated carbocycles. The van der Waals surface area contributed by atoms with Crippen molar-refractivity contribution in [1.82, 2.24) is 0 Å². The third-order valence-corrected chi connectivity index (χ3v) is 4.21. The first-order valence-electron chi connectivity index (χ1n) is 8.00. The van der Waals surface area contributed by atoms with E-state index in [0.29, 0.717) is 13.0 Å². The van der Waals surface area contributed by atoms with E-state index in [1.165, 1.54) is 6.08 Å². The second-order valence-electron chi connectivity index (χ2n) is 6.59. The molecule has 7 atom stereocenters. The molecule has 0 aromatic carbocycles. The van der Waals surface area contributed by atoms with E-state index < -0.39 is 42.9 Å². The fraction of sp³-hybridized carbons (Fsp3) is 0.875. The lowest BCUT2D eigenvalue weighted by molar-refractivity contribution is -0.303. The van der Waals surface area contributed by atoms with Gasteiger partial charge in [0.05, 0.1) is 18.8 Å². The number of hydrogen-bond donors (Lipinski definition) is 5. The van der Waals surface area contributed by atoms with Crippen molar-refractivity contribution in [1.29, 1.82) is 0 Å². The van der Waals surface area contributed by atoms with E-state index in [1.54, 1.807) is 6.92 Å². The van der Waals surface area contributed by atoms with Crippen LogP contribution in [0.5, 0.6) is 0 Å². The average Bonchev–Trinajstić information content (AvgIpc) is 2.52. The van der Waals surface area contributed by atoms with Crippen molar-refractivity contribution in [3.63, 3.8) is 0 Å². The van der Waals surface area contributed by atoms with Crippen molar-refractivity contribution in [3.05, 3.63) is 12.7 Å². The van der Waals surface area contributed by atoms with Crippen LogP contribution < -0.4 is 0 Å². The quantitative estimate of drug-likeness (QED) is 0.362. The molecular weight excluding hydrogens is 304 g/mol. The Balaban J connectivity index is 2.37. The van der Waals surface area contributed by atoms with Gasteiger partial charge in [0.1, 0.15) is 24.4 Å². The summed E-state index contributed by atoms with van der Waals surface area (Å²) >= 11 is 0. The second-order valence-corrected chi connectivity index (χ2v) is 6.59. The molecule has 0 amide bonds. The van der Waals surface area contributed by atoms with Gasteiger partial charge in [-0.3, -0.25) is 0 Å². The molecule has 1 saturated heterocycles. The molecule has 1 rings (SSSR count). The summed E-state index contributed by atoms with van der Waals surface area (Å²) < 4.78 is 10.8. The van der Waals surface area contributed by atoms with Gasteiger partial charge in [0.15, 0.2) is 6.29 Å². The van der Waals surface area contributed by atoms with Crippen LogP contribution in [0.1, 0.15) is 33.1 Å². The van der Waals surface area contributed by atoms with Crippen molar-refractivity contribution >= 4 is 0 Å². The molecule has 1 heterocycles. The zero-order chi connectivity index (χ0) is 17.6. The van der Waals surface area contributed by atoms with Crippen LogP contribution in [0.15, 0.2) is 12.7 Å². The molecule has 0 bridgehead atoms. The van der Waals surface area contributed by atoms with E-state index >= 15 is 0 Å². The zero-order valence-corrected chi connectivity index (χ0v) is 13.8. The van der Waals surface area contributed by atoms with Crippen molar-refractivity contribution in [2.24, 2.45) is 5.92 Å². The summed E-state index contributed by atoms with van der Waals surface area (Å²) in [7, 11) is 0. The number of rotatable bonds is 9. The van der Waals surface area contributed by atoms with E-state index in [9.17, 15) is 20.4 Å². The normalized spacial score (nSPS) is 35.5. The standard InChI is InChI=1S/C16H30O7/c1-4-16(3,21)7-5-6-10(2)9-22-15-14(20)13(19)12(18)11(8-17)23-15/h4,10-15,17-21H,1,5-9H2,2-3H3/t10?,11-,12-,13+,14-,15-,16?/m1/s1. The van der Waals surface area contributed by atoms with Crippen LogP contribution in [0.2, 0.25) is 0 Å². The smallest absolute Gasteiger partial charge is 0.186 e. The predicted molar refractivity (Wildman–Crippen MR) is 83.6 cm³/mol. The van der Waals surface area contributed by atoms with Crippen LogP contribution in [-0.4, -0.2) is 75.1 Å². The van der Waals surface area contributed by atoms with Crippen LogP contribution in [0, 0.1) is 5.92 Å². The summed E-state index contributed by atoms with van der Waals surface area (Å²) in [6.45, 7) is 7.06. The van der Waals surface area contributed by atoms with Crippen LogP contribution >= 0.6 is 0 Å². The van der Waals surface area contributed by atoms with E-state index in [4.69, 9.17) is 14.6 Å². The highest BCUT2D eigenvalue weighted by molar-refractivity contribution is 4.91. The van der Waals surface area contributed by atoms with Gasteiger partial charge in [0.2, 0.25) is 0 Å². The highest BCUT2D eigenvalue weighted by Gasteiger charge is 2.44. The minimum atomic E-state index is -1.43. The van der Waals surface area contributed by atoms with Crippen molar-refractivity contribution in [2.75, 3.05) is 13.2 Å².